The highest BCUT2D eigenvalue weighted by molar-refractivity contribution is 7.88. The summed E-state index contributed by atoms with van der Waals surface area (Å²) in [6.45, 7) is 8.06. The summed E-state index contributed by atoms with van der Waals surface area (Å²) in [7, 11) is -3.81. The van der Waals surface area contributed by atoms with Gasteiger partial charge in [0.15, 0.2) is 5.78 Å². The zero-order valence-corrected chi connectivity index (χ0v) is 23.1. The van der Waals surface area contributed by atoms with Gasteiger partial charge in [0, 0.05) is 18.3 Å². The van der Waals surface area contributed by atoms with E-state index in [1.54, 1.807) is 30.3 Å². The van der Waals surface area contributed by atoms with Crippen LogP contribution in [0.25, 0.3) is 0 Å². The maximum absolute atomic E-state index is 13.7. The third-order valence-electron chi connectivity index (χ3n) is 7.22. The minimum absolute atomic E-state index is 0.112. The standard InChI is InChI=1S/C28H36N4O5S/c1-18(2)15-23(30-27(34)21-10-8-20(9-11-21)19(3)4)28(35)31-14-12-24-26(31)25(33)16-32(24)38(36,37)17-22-7-5-6-13-29-22/h5-11,13,18-19,23-24,26H,12,14-17H2,1-4H3,(H,30,34). The lowest BCUT2D eigenvalue weighted by molar-refractivity contribution is -0.138. The van der Waals surface area contributed by atoms with Crippen molar-refractivity contribution in [2.75, 3.05) is 13.1 Å². The molecule has 204 valence electrons. The van der Waals surface area contributed by atoms with Crippen LogP contribution >= 0.6 is 0 Å². The Kier molecular flexibility index (Phi) is 8.32. The summed E-state index contributed by atoms with van der Waals surface area (Å²) >= 11 is 0. The number of likely N-dealkylation sites (tertiary alicyclic amines) is 1. The van der Waals surface area contributed by atoms with Gasteiger partial charge in [0.05, 0.1) is 18.3 Å². The van der Waals surface area contributed by atoms with Gasteiger partial charge in [-0.25, -0.2) is 8.42 Å². The number of carbonyl (C=O) groups is 3. The Bertz CT molecular complexity index is 1280. The molecule has 0 aliphatic carbocycles. The average Bonchev–Trinajstić information content (AvgIpc) is 3.45. The molecule has 1 N–H and O–H groups in total. The number of ketones is 1. The van der Waals surface area contributed by atoms with Crippen molar-refractivity contribution in [2.45, 2.75) is 70.3 Å². The molecule has 1 aromatic carbocycles. The maximum Gasteiger partial charge on any atom is 0.251 e. The van der Waals surface area contributed by atoms with E-state index in [-0.39, 0.29) is 42.4 Å². The van der Waals surface area contributed by atoms with Crippen LogP contribution in [0.1, 0.15) is 68.1 Å². The number of pyridine rings is 1. The largest absolute Gasteiger partial charge is 0.340 e. The van der Waals surface area contributed by atoms with Crippen LogP contribution in [-0.2, 0) is 25.4 Å². The lowest BCUT2D eigenvalue weighted by Gasteiger charge is -2.29. The number of carbonyl (C=O) groups excluding carboxylic acids is 3. The number of nitrogens with zero attached hydrogens (tertiary/aromatic N) is 3. The first-order valence-corrected chi connectivity index (χ1v) is 14.7. The molecular formula is C28H36N4O5S. The van der Waals surface area contributed by atoms with Crippen LogP contribution in [0.4, 0.5) is 0 Å². The summed E-state index contributed by atoms with van der Waals surface area (Å²) in [6, 6.07) is 10.1. The van der Waals surface area contributed by atoms with E-state index in [0.29, 0.717) is 30.0 Å². The number of hydrogen-bond donors (Lipinski definition) is 1. The molecule has 9 nitrogen and oxygen atoms in total. The summed E-state index contributed by atoms with van der Waals surface area (Å²) in [5, 5.41) is 2.88. The summed E-state index contributed by atoms with van der Waals surface area (Å²) < 4.78 is 27.6. The molecule has 2 aliphatic heterocycles. The molecule has 3 heterocycles. The van der Waals surface area contributed by atoms with Crippen molar-refractivity contribution < 1.29 is 22.8 Å². The number of benzene rings is 1. The highest BCUT2D eigenvalue weighted by Gasteiger charge is 2.54. The van der Waals surface area contributed by atoms with Crippen molar-refractivity contribution in [2.24, 2.45) is 5.92 Å². The molecule has 0 spiro atoms. The molecule has 2 amide bonds. The predicted molar refractivity (Wildman–Crippen MR) is 144 cm³/mol. The Morgan fingerprint density at radius 2 is 1.79 bits per heavy atom. The van der Waals surface area contributed by atoms with Crippen molar-refractivity contribution in [1.29, 1.82) is 0 Å². The third kappa shape index (κ3) is 5.96. The first kappa shape index (κ1) is 27.9. The zero-order chi connectivity index (χ0) is 27.6. The van der Waals surface area contributed by atoms with E-state index in [1.807, 2.05) is 26.0 Å². The van der Waals surface area contributed by atoms with E-state index in [4.69, 9.17) is 0 Å². The molecule has 0 bridgehead atoms. The van der Waals surface area contributed by atoms with Gasteiger partial charge in [-0.1, -0.05) is 45.9 Å². The molecule has 0 saturated carbocycles. The highest BCUT2D eigenvalue weighted by atomic mass is 32.2. The van der Waals surface area contributed by atoms with Crippen LogP contribution in [0.2, 0.25) is 0 Å². The lowest BCUT2D eigenvalue weighted by Crippen LogP contribution is -2.53. The monoisotopic (exact) mass is 540 g/mol. The van der Waals surface area contributed by atoms with Gasteiger partial charge in [-0.05, 0) is 54.5 Å². The van der Waals surface area contributed by atoms with Gasteiger partial charge in [-0.3, -0.25) is 19.4 Å². The zero-order valence-electron chi connectivity index (χ0n) is 22.3. The fourth-order valence-electron chi connectivity index (χ4n) is 5.29. The van der Waals surface area contributed by atoms with Crippen LogP contribution in [0.3, 0.4) is 0 Å². The van der Waals surface area contributed by atoms with E-state index in [0.717, 1.165) is 5.56 Å². The highest BCUT2D eigenvalue weighted by Crippen LogP contribution is 2.33. The van der Waals surface area contributed by atoms with Crippen LogP contribution in [0.15, 0.2) is 48.7 Å². The van der Waals surface area contributed by atoms with Crippen LogP contribution in [-0.4, -0.2) is 71.4 Å². The van der Waals surface area contributed by atoms with Gasteiger partial charge in [0.2, 0.25) is 15.9 Å². The molecule has 10 heteroatoms. The number of rotatable bonds is 9. The molecular weight excluding hydrogens is 504 g/mol. The Labute approximate surface area is 224 Å². The van der Waals surface area contributed by atoms with E-state index in [2.05, 4.69) is 24.1 Å². The number of amides is 2. The van der Waals surface area contributed by atoms with E-state index >= 15 is 0 Å². The fraction of sp³-hybridized carbons (Fsp3) is 0.500. The quantitative estimate of drug-likeness (QED) is 0.523. The SMILES string of the molecule is CC(C)CC(NC(=O)c1ccc(C(C)C)cc1)C(=O)N1CCC2C1C(=O)CN2S(=O)(=O)Cc1ccccn1. The maximum atomic E-state index is 13.7. The lowest BCUT2D eigenvalue weighted by atomic mass is 10.00. The summed E-state index contributed by atoms with van der Waals surface area (Å²) in [5.74, 6) is -0.866. The smallest absolute Gasteiger partial charge is 0.251 e. The summed E-state index contributed by atoms with van der Waals surface area (Å²) in [5.41, 5.74) is 1.97. The van der Waals surface area contributed by atoms with Crippen molar-refractivity contribution in [3.05, 3.63) is 65.5 Å². The molecule has 3 unspecified atom stereocenters. The number of Topliss-reactive ketones (excluding diaryl/α,β-unsaturated/α-hetero) is 1. The van der Waals surface area contributed by atoms with E-state index in [9.17, 15) is 22.8 Å². The molecule has 38 heavy (non-hydrogen) atoms. The van der Waals surface area contributed by atoms with Gasteiger partial charge < -0.3 is 10.2 Å². The number of nitrogens with one attached hydrogen (secondary N) is 1. The molecule has 2 fully saturated rings. The molecule has 0 radical (unpaired) electrons. The molecule has 2 saturated heterocycles. The first-order valence-electron chi connectivity index (χ1n) is 13.1. The molecule has 2 aromatic rings. The average molecular weight is 541 g/mol. The second kappa shape index (κ2) is 11.3. The van der Waals surface area contributed by atoms with Crippen LogP contribution in [0.5, 0.6) is 0 Å². The van der Waals surface area contributed by atoms with Crippen molar-refractivity contribution in [3.63, 3.8) is 0 Å². The third-order valence-corrected chi connectivity index (χ3v) is 9.00. The summed E-state index contributed by atoms with van der Waals surface area (Å²) in [6.07, 6.45) is 2.29. The first-order chi connectivity index (χ1) is 18.0. The minimum atomic E-state index is -3.81. The molecule has 2 aliphatic rings. The van der Waals surface area contributed by atoms with Gasteiger partial charge in [-0.15, -0.1) is 0 Å². The number of sulfonamides is 1. The number of hydrogen-bond acceptors (Lipinski definition) is 6. The van der Waals surface area contributed by atoms with Crippen molar-refractivity contribution >= 4 is 27.6 Å². The van der Waals surface area contributed by atoms with Crippen molar-refractivity contribution in [1.82, 2.24) is 19.5 Å². The second-order valence-corrected chi connectivity index (χ2v) is 12.8. The van der Waals surface area contributed by atoms with Gasteiger partial charge in [0.1, 0.15) is 17.8 Å². The van der Waals surface area contributed by atoms with Gasteiger partial charge in [0.25, 0.3) is 5.91 Å². The van der Waals surface area contributed by atoms with Gasteiger partial charge in [-0.2, -0.15) is 4.31 Å². The predicted octanol–water partition coefficient (Wildman–Crippen LogP) is 2.73. The molecule has 4 rings (SSSR count). The fourth-order valence-corrected chi connectivity index (χ4v) is 6.96. The number of aromatic nitrogens is 1. The van der Waals surface area contributed by atoms with E-state index < -0.39 is 28.1 Å². The van der Waals surface area contributed by atoms with Gasteiger partial charge >= 0.3 is 0 Å². The Morgan fingerprint density at radius 3 is 2.39 bits per heavy atom. The van der Waals surface area contributed by atoms with Crippen molar-refractivity contribution in [3.8, 4) is 0 Å². The Balaban J connectivity index is 1.50. The Hall–Kier alpha value is -3.11. The topological polar surface area (TPSA) is 117 Å². The summed E-state index contributed by atoms with van der Waals surface area (Å²) in [4.78, 5) is 45.4. The van der Waals surface area contributed by atoms with Crippen LogP contribution < -0.4 is 5.32 Å². The van der Waals surface area contributed by atoms with E-state index in [1.165, 1.54) is 15.4 Å². The Morgan fingerprint density at radius 1 is 1.08 bits per heavy atom. The second-order valence-electron chi connectivity index (χ2n) is 10.9. The molecule has 1 aromatic heterocycles. The number of fused-ring (bicyclic) bond motifs is 1. The molecule has 3 atom stereocenters. The minimum Gasteiger partial charge on any atom is -0.340 e. The normalized spacial score (nSPS) is 20.7. The van der Waals surface area contributed by atoms with Crippen LogP contribution in [0, 0.1) is 5.92 Å².